The number of aliphatic hydroxyl groups is 1. The molecule has 1 aliphatic heterocycles. The summed E-state index contributed by atoms with van der Waals surface area (Å²) in [5.41, 5.74) is 0.871. The predicted molar refractivity (Wildman–Crippen MR) is 72.5 cm³/mol. The summed E-state index contributed by atoms with van der Waals surface area (Å²) in [4.78, 5) is 11.1. The van der Waals surface area contributed by atoms with Gasteiger partial charge in [-0.3, -0.25) is 4.79 Å². The zero-order chi connectivity index (χ0) is 15.6. The van der Waals surface area contributed by atoms with Crippen LogP contribution in [-0.2, 0) is 20.6 Å². The van der Waals surface area contributed by atoms with Crippen LogP contribution in [0.2, 0.25) is 0 Å². The van der Waals surface area contributed by atoms with E-state index >= 15 is 0 Å². The molecule has 1 aromatic carbocycles. The average molecular weight is 310 g/mol. The van der Waals surface area contributed by atoms with Crippen LogP contribution in [0.25, 0.3) is 0 Å². The Bertz CT molecular complexity index is 678. The van der Waals surface area contributed by atoms with Crippen LogP contribution in [0.5, 0.6) is 0 Å². The lowest BCUT2D eigenvalue weighted by Gasteiger charge is -2.20. The zero-order valence-corrected chi connectivity index (χ0v) is 11.8. The number of carboxylic acids is 1. The van der Waals surface area contributed by atoms with Crippen LogP contribution >= 0.6 is 0 Å². The SMILES string of the molecule is N#Cc1ccc(CS(=O)(=O)N2C[C@H](O)C[C@H]2C(=O)O)cc1. The first-order valence-electron chi connectivity index (χ1n) is 6.23. The zero-order valence-electron chi connectivity index (χ0n) is 11.0. The van der Waals surface area contributed by atoms with Gasteiger partial charge in [-0.15, -0.1) is 0 Å². The monoisotopic (exact) mass is 310 g/mol. The van der Waals surface area contributed by atoms with Gasteiger partial charge < -0.3 is 10.2 Å². The van der Waals surface area contributed by atoms with E-state index in [0.29, 0.717) is 11.1 Å². The number of carbonyl (C=O) groups is 1. The number of nitriles is 1. The largest absolute Gasteiger partial charge is 0.480 e. The number of aliphatic hydroxyl groups excluding tert-OH is 1. The maximum absolute atomic E-state index is 12.3. The Morgan fingerprint density at radius 1 is 1.38 bits per heavy atom. The summed E-state index contributed by atoms with van der Waals surface area (Å²) < 4.78 is 25.4. The number of rotatable bonds is 4. The summed E-state index contributed by atoms with van der Waals surface area (Å²) in [5, 5.41) is 27.2. The van der Waals surface area contributed by atoms with Crippen LogP contribution < -0.4 is 0 Å². The molecule has 1 saturated heterocycles. The van der Waals surface area contributed by atoms with E-state index in [1.807, 2.05) is 6.07 Å². The van der Waals surface area contributed by atoms with Crippen molar-refractivity contribution < 1.29 is 23.4 Å². The molecule has 21 heavy (non-hydrogen) atoms. The van der Waals surface area contributed by atoms with Gasteiger partial charge in [0.1, 0.15) is 6.04 Å². The van der Waals surface area contributed by atoms with Gasteiger partial charge in [0.15, 0.2) is 0 Å². The molecule has 1 aromatic rings. The van der Waals surface area contributed by atoms with Gasteiger partial charge in [-0.25, -0.2) is 8.42 Å². The molecule has 2 rings (SSSR count). The number of sulfonamides is 1. The number of nitrogens with zero attached hydrogens (tertiary/aromatic N) is 2. The minimum absolute atomic E-state index is 0.109. The van der Waals surface area contributed by atoms with E-state index in [0.717, 1.165) is 4.31 Å². The van der Waals surface area contributed by atoms with Crippen molar-refractivity contribution in [3.8, 4) is 6.07 Å². The minimum Gasteiger partial charge on any atom is -0.480 e. The van der Waals surface area contributed by atoms with Gasteiger partial charge in [0, 0.05) is 13.0 Å². The molecule has 0 bridgehead atoms. The Hall–Kier alpha value is -1.95. The van der Waals surface area contributed by atoms with Gasteiger partial charge in [0.25, 0.3) is 0 Å². The Kier molecular flexibility index (Phi) is 4.27. The standard InChI is InChI=1S/C13H14N2O5S/c14-6-9-1-3-10(4-2-9)8-21(19,20)15-7-11(16)5-12(15)13(17)18/h1-4,11-12,16H,5,7-8H2,(H,17,18)/t11-,12+/m1/s1. The normalized spacial score (nSPS) is 22.9. The average Bonchev–Trinajstić information content (AvgIpc) is 2.82. The van der Waals surface area contributed by atoms with E-state index in [1.165, 1.54) is 24.3 Å². The molecule has 112 valence electrons. The molecule has 0 amide bonds. The van der Waals surface area contributed by atoms with Crippen molar-refractivity contribution in [3.05, 3.63) is 35.4 Å². The molecule has 0 radical (unpaired) electrons. The molecule has 1 fully saturated rings. The molecule has 0 spiro atoms. The second kappa shape index (κ2) is 5.81. The fourth-order valence-corrected chi connectivity index (χ4v) is 4.03. The molecular weight excluding hydrogens is 296 g/mol. The highest BCUT2D eigenvalue weighted by atomic mass is 32.2. The summed E-state index contributed by atoms with van der Waals surface area (Å²) in [6, 6.07) is 6.72. The van der Waals surface area contributed by atoms with Crippen LogP contribution in [0.3, 0.4) is 0 Å². The topological polar surface area (TPSA) is 119 Å². The number of hydrogen-bond donors (Lipinski definition) is 2. The lowest BCUT2D eigenvalue weighted by atomic mass is 10.2. The Morgan fingerprint density at radius 2 is 2.00 bits per heavy atom. The van der Waals surface area contributed by atoms with Gasteiger partial charge in [-0.2, -0.15) is 9.57 Å². The van der Waals surface area contributed by atoms with E-state index < -0.39 is 28.1 Å². The second-order valence-electron chi connectivity index (χ2n) is 4.88. The first kappa shape index (κ1) is 15.4. The summed E-state index contributed by atoms with van der Waals surface area (Å²) in [7, 11) is -3.85. The van der Waals surface area contributed by atoms with Crippen molar-refractivity contribution in [1.82, 2.24) is 4.31 Å². The van der Waals surface area contributed by atoms with Gasteiger partial charge in [0.2, 0.25) is 10.0 Å². The summed E-state index contributed by atoms with van der Waals surface area (Å²) in [5.74, 6) is -1.63. The molecule has 0 aromatic heterocycles. The lowest BCUT2D eigenvalue weighted by molar-refractivity contribution is -0.140. The molecule has 7 nitrogen and oxygen atoms in total. The molecule has 0 aliphatic carbocycles. The Balaban J connectivity index is 2.21. The van der Waals surface area contributed by atoms with Crippen LogP contribution in [0.15, 0.2) is 24.3 Å². The van der Waals surface area contributed by atoms with Gasteiger partial charge >= 0.3 is 5.97 Å². The van der Waals surface area contributed by atoms with Gasteiger partial charge in [-0.1, -0.05) is 12.1 Å². The Labute approximate surface area is 122 Å². The van der Waals surface area contributed by atoms with Gasteiger partial charge in [0.05, 0.1) is 23.5 Å². The second-order valence-corrected chi connectivity index (χ2v) is 6.80. The maximum atomic E-state index is 12.3. The third-order valence-corrected chi connectivity index (χ3v) is 5.12. The highest BCUT2D eigenvalue weighted by Crippen LogP contribution is 2.24. The number of hydrogen-bond acceptors (Lipinski definition) is 5. The molecular formula is C13H14N2O5S. The first-order valence-corrected chi connectivity index (χ1v) is 7.84. The predicted octanol–water partition coefficient (Wildman–Crippen LogP) is -0.0921. The van der Waals surface area contributed by atoms with E-state index in [9.17, 15) is 18.3 Å². The fourth-order valence-electron chi connectivity index (χ4n) is 2.29. The van der Waals surface area contributed by atoms with E-state index in [-0.39, 0.29) is 18.7 Å². The molecule has 8 heteroatoms. The van der Waals surface area contributed by atoms with Crippen LogP contribution in [0.1, 0.15) is 17.5 Å². The van der Waals surface area contributed by atoms with Crippen molar-refractivity contribution >= 4 is 16.0 Å². The number of carboxylic acid groups (broad SMARTS) is 1. The van der Waals surface area contributed by atoms with Crippen molar-refractivity contribution in [2.24, 2.45) is 0 Å². The molecule has 1 heterocycles. The molecule has 0 saturated carbocycles. The molecule has 2 N–H and O–H groups in total. The quantitative estimate of drug-likeness (QED) is 0.802. The van der Waals surface area contributed by atoms with Crippen molar-refractivity contribution in [3.63, 3.8) is 0 Å². The third kappa shape index (κ3) is 3.39. The van der Waals surface area contributed by atoms with Crippen molar-refractivity contribution in [1.29, 1.82) is 5.26 Å². The third-order valence-electron chi connectivity index (χ3n) is 3.31. The van der Waals surface area contributed by atoms with E-state index in [4.69, 9.17) is 10.4 Å². The number of benzene rings is 1. The van der Waals surface area contributed by atoms with Crippen LogP contribution in [-0.4, -0.2) is 47.6 Å². The van der Waals surface area contributed by atoms with E-state index in [1.54, 1.807) is 0 Å². The highest BCUT2D eigenvalue weighted by molar-refractivity contribution is 7.88. The van der Waals surface area contributed by atoms with Crippen LogP contribution in [0.4, 0.5) is 0 Å². The van der Waals surface area contributed by atoms with Crippen molar-refractivity contribution in [2.75, 3.05) is 6.54 Å². The smallest absolute Gasteiger partial charge is 0.322 e. The van der Waals surface area contributed by atoms with Crippen LogP contribution in [0, 0.1) is 11.3 Å². The molecule has 2 atom stereocenters. The number of aliphatic carboxylic acids is 1. The Morgan fingerprint density at radius 3 is 2.52 bits per heavy atom. The minimum atomic E-state index is -3.85. The fraction of sp³-hybridized carbons (Fsp3) is 0.385. The summed E-state index contributed by atoms with van der Waals surface area (Å²) in [6.45, 7) is -0.213. The summed E-state index contributed by atoms with van der Waals surface area (Å²) >= 11 is 0. The summed E-state index contributed by atoms with van der Waals surface area (Å²) in [6.07, 6.45) is -1.08. The first-order chi connectivity index (χ1) is 9.83. The maximum Gasteiger partial charge on any atom is 0.322 e. The van der Waals surface area contributed by atoms with E-state index in [2.05, 4.69) is 0 Å². The molecule has 0 unspecified atom stereocenters. The van der Waals surface area contributed by atoms with Gasteiger partial charge in [-0.05, 0) is 17.7 Å². The number of β-amino-alcohol motifs (C(OH)–C–C–N with tert-alkyl or cyclic N) is 1. The van der Waals surface area contributed by atoms with Crippen molar-refractivity contribution in [2.45, 2.75) is 24.3 Å². The highest BCUT2D eigenvalue weighted by Gasteiger charge is 2.42. The lowest BCUT2D eigenvalue weighted by Crippen LogP contribution is -2.41. The molecule has 1 aliphatic rings.